The lowest BCUT2D eigenvalue weighted by Gasteiger charge is -2.08. The molecular weight excluding hydrogens is 211 g/mol. The average molecular weight is 220 g/mol. The van der Waals surface area contributed by atoms with E-state index in [2.05, 4.69) is 15.0 Å². The van der Waals surface area contributed by atoms with Gasteiger partial charge in [-0.15, -0.1) is 0 Å². The topological polar surface area (TPSA) is 73.9 Å². The first kappa shape index (κ1) is 10.3. The Hall–Kier alpha value is -2.24. The highest BCUT2D eigenvalue weighted by Gasteiger charge is 2.11. The molecule has 0 saturated heterocycles. The highest BCUT2D eigenvalue weighted by Crippen LogP contribution is 2.30. The molecule has 0 spiro atoms. The van der Waals surface area contributed by atoms with E-state index < -0.39 is 5.82 Å². The fourth-order valence-corrected chi connectivity index (χ4v) is 1.31. The summed E-state index contributed by atoms with van der Waals surface area (Å²) in [5, 5.41) is 0. The lowest BCUT2D eigenvalue weighted by molar-refractivity contribution is 0.416. The molecule has 82 valence electrons. The third-order valence-electron chi connectivity index (χ3n) is 2.00. The zero-order chi connectivity index (χ0) is 11.5. The molecule has 0 unspecified atom stereocenters. The maximum atomic E-state index is 12.7. The minimum absolute atomic E-state index is 0.243. The Morgan fingerprint density at radius 1 is 1.25 bits per heavy atom. The molecule has 0 aromatic carbocycles. The molecule has 0 aliphatic rings. The van der Waals surface area contributed by atoms with Crippen LogP contribution in [0, 0.1) is 5.82 Å². The Balaban J connectivity index is 2.55. The molecule has 6 heteroatoms. The molecule has 2 N–H and O–H groups in total. The van der Waals surface area contributed by atoms with E-state index in [0.29, 0.717) is 17.1 Å². The molecule has 0 atom stereocenters. The first-order valence-corrected chi connectivity index (χ1v) is 4.48. The third kappa shape index (κ3) is 1.77. The van der Waals surface area contributed by atoms with Gasteiger partial charge in [-0.05, 0) is 6.07 Å². The summed E-state index contributed by atoms with van der Waals surface area (Å²) in [6.45, 7) is 0. The molecule has 0 aliphatic heterocycles. The van der Waals surface area contributed by atoms with Gasteiger partial charge >= 0.3 is 0 Å². The molecule has 16 heavy (non-hydrogen) atoms. The van der Waals surface area contributed by atoms with E-state index in [9.17, 15) is 4.39 Å². The van der Waals surface area contributed by atoms with Gasteiger partial charge in [0.2, 0.25) is 0 Å². The van der Waals surface area contributed by atoms with E-state index in [4.69, 9.17) is 10.5 Å². The molecule has 2 heterocycles. The minimum atomic E-state index is -0.496. The van der Waals surface area contributed by atoms with Gasteiger partial charge in [-0.1, -0.05) is 0 Å². The van der Waals surface area contributed by atoms with Gasteiger partial charge in [-0.3, -0.25) is 0 Å². The summed E-state index contributed by atoms with van der Waals surface area (Å²) in [5.41, 5.74) is 6.21. The third-order valence-corrected chi connectivity index (χ3v) is 2.00. The van der Waals surface area contributed by atoms with Crippen molar-refractivity contribution >= 4 is 5.82 Å². The van der Waals surface area contributed by atoms with Crippen molar-refractivity contribution in [3.8, 4) is 17.1 Å². The highest BCUT2D eigenvalue weighted by atomic mass is 19.1. The standard InChI is InChI=1S/C10H9FN4O/c1-16-8-7(2-3-13-9(8)12)10-14-4-6(11)5-15-10/h2-5H,1H3,(H2,12,13). The van der Waals surface area contributed by atoms with Crippen LogP contribution in [-0.2, 0) is 0 Å². The van der Waals surface area contributed by atoms with Crippen molar-refractivity contribution in [3.05, 3.63) is 30.5 Å². The second kappa shape index (κ2) is 4.09. The summed E-state index contributed by atoms with van der Waals surface area (Å²) in [4.78, 5) is 11.6. The lowest BCUT2D eigenvalue weighted by atomic mass is 10.2. The Labute approximate surface area is 91.1 Å². The van der Waals surface area contributed by atoms with Crippen LogP contribution in [0.5, 0.6) is 5.75 Å². The van der Waals surface area contributed by atoms with Crippen molar-refractivity contribution in [3.63, 3.8) is 0 Å². The molecule has 5 nitrogen and oxygen atoms in total. The molecule has 0 amide bonds. The number of anilines is 1. The number of methoxy groups -OCH3 is 1. The van der Waals surface area contributed by atoms with Gasteiger partial charge in [0, 0.05) is 6.20 Å². The molecule has 0 bridgehead atoms. The number of nitrogens with zero attached hydrogens (tertiary/aromatic N) is 3. The summed E-state index contributed by atoms with van der Waals surface area (Å²) in [6, 6.07) is 1.66. The smallest absolute Gasteiger partial charge is 0.171 e. The first-order valence-electron chi connectivity index (χ1n) is 4.48. The van der Waals surface area contributed by atoms with Gasteiger partial charge in [0.25, 0.3) is 0 Å². The molecular formula is C10H9FN4O. The van der Waals surface area contributed by atoms with Crippen LogP contribution in [0.3, 0.4) is 0 Å². The fourth-order valence-electron chi connectivity index (χ4n) is 1.31. The number of nitrogen functional groups attached to an aromatic ring is 1. The Bertz CT molecular complexity index is 501. The minimum Gasteiger partial charge on any atom is -0.492 e. The predicted octanol–water partition coefficient (Wildman–Crippen LogP) is 1.27. The van der Waals surface area contributed by atoms with Crippen LogP contribution in [0.25, 0.3) is 11.4 Å². The molecule has 0 saturated carbocycles. The van der Waals surface area contributed by atoms with Gasteiger partial charge < -0.3 is 10.5 Å². The second-order valence-electron chi connectivity index (χ2n) is 3.00. The number of rotatable bonds is 2. The van der Waals surface area contributed by atoms with Gasteiger partial charge in [-0.2, -0.15) is 0 Å². The molecule has 2 aromatic rings. The van der Waals surface area contributed by atoms with Crippen molar-refractivity contribution < 1.29 is 9.13 Å². The van der Waals surface area contributed by atoms with E-state index in [1.165, 1.54) is 13.3 Å². The maximum Gasteiger partial charge on any atom is 0.171 e. The highest BCUT2D eigenvalue weighted by molar-refractivity contribution is 5.70. The Kier molecular flexibility index (Phi) is 2.63. The van der Waals surface area contributed by atoms with Crippen molar-refractivity contribution in [2.24, 2.45) is 0 Å². The van der Waals surface area contributed by atoms with E-state index in [1.54, 1.807) is 6.07 Å². The summed E-state index contributed by atoms with van der Waals surface area (Å²) in [7, 11) is 1.47. The zero-order valence-electron chi connectivity index (χ0n) is 8.51. The van der Waals surface area contributed by atoms with Crippen LogP contribution in [0.4, 0.5) is 10.2 Å². The first-order chi connectivity index (χ1) is 7.72. The molecule has 0 aliphatic carbocycles. The number of hydrogen-bond acceptors (Lipinski definition) is 5. The number of aromatic nitrogens is 3. The molecule has 2 aromatic heterocycles. The van der Waals surface area contributed by atoms with E-state index in [0.717, 1.165) is 12.4 Å². The summed E-state index contributed by atoms with van der Waals surface area (Å²) >= 11 is 0. The van der Waals surface area contributed by atoms with Gasteiger partial charge in [0.05, 0.1) is 25.1 Å². The maximum absolute atomic E-state index is 12.7. The normalized spacial score (nSPS) is 10.1. The summed E-state index contributed by atoms with van der Waals surface area (Å²) < 4.78 is 17.8. The number of nitrogens with two attached hydrogens (primary N) is 1. The number of pyridine rings is 1. The SMILES string of the molecule is COc1c(-c2ncc(F)cn2)ccnc1N. The quantitative estimate of drug-likeness (QED) is 0.824. The van der Waals surface area contributed by atoms with Gasteiger partial charge in [0.15, 0.2) is 23.2 Å². The van der Waals surface area contributed by atoms with Crippen LogP contribution in [0.1, 0.15) is 0 Å². The molecule has 2 rings (SSSR count). The Morgan fingerprint density at radius 2 is 1.94 bits per heavy atom. The number of hydrogen-bond donors (Lipinski definition) is 1. The summed E-state index contributed by atoms with van der Waals surface area (Å²) in [6.07, 6.45) is 3.68. The number of halogens is 1. The monoisotopic (exact) mass is 220 g/mol. The average Bonchev–Trinajstić information content (AvgIpc) is 2.30. The zero-order valence-corrected chi connectivity index (χ0v) is 8.51. The van der Waals surface area contributed by atoms with E-state index in [1.807, 2.05) is 0 Å². The van der Waals surface area contributed by atoms with Crippen LogP contribution < -0.4 is 10.5 Å². The molecule has 0 radical (unpaired) electrons. The largest absolute Gasteiger partial charge is 0.492 e. The van der Waals surface area contributed by atoms with E-state index in [-0.39, 0.29) is 5.82 Å². The molecule has 0 fully saturated rings. The van der Waals surface area contributed by atoms with Crippen LogP contribution in [0.2, 0.25) is 0 Å². The van der Waals surface area contributed by atoms with Crippen LogP contribution in [0.15, 0.2) is 24.7 Å². The van der Waals surface area contributed by atoms with Crippen molar-refractivity contribution in [2.75, 3.05) is 12.8 Å². The fraction of sp³-hybridized carbons (Fsp3) is 0.100. The predicted molar refractivity (Wildman–Crippen MR) is 56.2 cm³/mol. The van der Waals surface area contributed by atoms with Crippen molar-refractivity contribution in [1.29, 1.82) is 0 Å². The number of ether oxygens (including phenoxy) is 1. The van der Waals surface area contributed by atoms with Crippen molar-refractivity contribution in [1.82, 2.24) is 15.0 Å². The van der Waals surface area contributed by atoms with Gasteiger partial charge in [0.1, 0.15) is 0 Å². The van der Waals surface area contributed by atoms with E-state index >= 15 is 0 Å². The Morgan fingerprint density at radius 3 is 2.56 bits per heavy atom. The summed E-state index contributed by atoms with van der Waals surface area (Å²) in [5.74, 6) is 0.471. The second-order valence-corrected chi connectivity index (χ2v) is 3.00. The van der Waals surface area contributed by atoms with Crippen LogP contribution in [-0.4, -0.2) is 22.1 Å². The van der Waals surface area contributed by atoms with Crippen molar-refractivity contribution in [2.45, 2.75) is 0 Å². The lowest BCUT2D eigenvalue weighted by Crippen LogP contribution is -1.99. The van der Waals surface area contributed by atoms with Crippen LogP contribution >= 0.6 is 0 Å². The van der Waals surface area contributed by atoms with Gasteiger partial charge in [-0.25, -0.2) is 19.3 Å².